The summed E-state index contributed by atoms with van der Waals surface area (Å²) in [7, 11) is 0. The van der Waals surface area contributed by atoms with E-state index in [1.165, 1.54) is 5.56 Å². The van der Waals surface area contributed by atoms with Gasteiger partial charge in [-0.1, -0.05) is 36.4 Å². The van der Waals surface area contributed by atoms with E-state index in [0.29, 0.717) is 25.3 Å². The van der Waals surface area contributed by atoms with Gasteiger partial charge >= 0.3 is 0 Å². The fraction of sp³-hybridized carbons (Fsp3) is 0.263. The van der Waals surface area contributed by atoms with Gasteiger partial charge in [-0.25, -0.2) is 0 Å². The lowest BCUT2D eigenvalue weighted by Crippen LogP contribution is -2.30. The van der Waals surface area contributed by atoms with Crippen molar-refractivity contribution in [1.29, 1.82) is 0 Å². The molecule has 1 amide bonds. The molecule has 1 aliphatic heterocycles. The fourth-order valence-corrected chi connectivity index (χ4v) is 4.20. The molecule has 26 heavy (non-hydrogen) atoms. The summed E-state index contributed by atoms with van der Waals surface area (Å²) in [6.07, 6.45) is 0. The number of likely N-dealkylation sites (tertiary alicyclic amines) is 1. The van der Waals surface area contributed by atoms with Gasteiger partial charge in [0.25, 0.3) is 5.91 Å². The Morgan fingerprint density at radius 2 is 2.04 bits per heavy atom. The molecule has 0 bridgehead atoms. The number of rotatable bonds is 4. The van der Waals surface area contributed by atoms with Crippen LogP contribution >= 0.6 is 23.7 Å². The molecular weight excluding hydrogens is 368 g/mol. The van der Waals surface area contributed by atoms with E-state index in [-0.39, 0.29) is 30.2 Å². The molecule has 3 heterocycles. The maximum atomic E-state index is 12.9. The number of benzene rings is 1. The lowest BCUT2D eigenvalue weighted by atomic mass is 9.89. The summed E-state index contributed by atoms with van der Waals surface area (Å²) in [5.74, 6) is 0.531. The van der Waals surface area contributed by atoms with Gasteiger partial charge in [0.05, 0.1) is 10.6 Å². The summed E-state index contributed by atoms with van der Waals surface area (Å²) < 4.78 is 0. The van der Waals surface area contributed by atoms with Crippen molar-refractivity contribution in [3.05, 3.63) is 65.2 Å². The van der Waals surface area contributed by atoms with Crippen LogP contribution in [0.1, 0.15) is 22.0 Å². The van der Waals surface area contributed by atoms with Gasteiger partial charge in [-0.3, -0.25) is 9.89 Å². The van der Waals surface area contributed by atoms with Crippen LogP contribution in [-0.4, -0.2) is 40.6 Å². The first kappa shape index (κ1) is 18.6. The Morgan fingerprint density at radius 1 is 1.23 bits per heavy atom. The molecule has 1 saturated heterocycles. The molecule has 7 heteroatoms. The molecule has 2 aromatic heterocycles. The molecule has 1 aliphatic rings. The van der Waals surface area contributed by atoms with Crippen LogP contribution in [0.15, 0.2) is 53.9 Å². The Kier molecular flexibility index (Phi) is 5.76. The monoisotopic (exact) mass is 388 g/mol. The number of halogens is 1. The molecule has 1 aromatic carbocycles. The molecule has 0 unspecified atom stereocenters. The van der Waals surface area contributed by atoms with Crippen molar-refractivity contribution in [1.82, 2.24) is 15.1 Å². The average molecular weight is 389 g/mol. The molecule has 3 aromatic rings. The minimum absolute atomic E-state index is 0. The van der Waals surface area contributed by atoms with Crippen molar-refractivity contribution in [3.8, 4) is 10.6 Å². The van der Waals surface area contributed by atoms with Crippen molar-refractivity contribution >= 4 is 29.7 Å². The zero-order valence-electron chi connectivity index (χ0n) is 14.2. The SMILES string of the molecule is Cl.NC[C@@H]1CN(C(=O)c2cc(-c3cccs3)[nH]n2)C[C@H]1c1ccccc1. The number of aromatic nitrogens is 2. The average Bonchev–Trinajstić information content (AvgIpc) is 3.41. The Labute approximate surface area is 162 Å². The highest BCUT2D eigenvalue weighted by atomic mass is 35.5. The van der Waals surface area contributed by atoms with E-state index in [1.807, 2.05) is 46.7 Å². The van der Waals surface area contributed by atoms with Gasteiger partial charge in [0, 0.05) is 19.0 Å². The molecule has 5 nitrogen and oxygen atoms in total. The van der Waals surface area contributed by atoms with Gasteiger partial charge in [-0.15, -0.1) is 23.7 Å². The number of aromatic amines is 1. The molecule has 0 spiro atoms. The number of nitrogens with two attached hydrogens (primary N) is 1. The van der Waals surface area contributed by atoms with Crippen LogP contribution in [0.5, 0.6) is 0 Å². The van der Waals surface area contributed by atoms with E-state index in [2.05, 4.69) is 22.3 Å². The maximum Gasteiger partial charge on any atom is 0.274 e. The largest absolute Gasteiger partial charge is 0.336 e. The minimum Gasteiger partial charge on any atom is -0.336 e. The third-order valence-corrected chi connectivity index (χ3v) is 5.75. The Balaban J connectivity index is 0.00000196. The van der Waals surface area contributed by atoms with E-state index >= 15 is 0 Å². The quantitative estimate of drug-likeness (QED) is 0.719. The first-order valence-electron chi connectivity index (χ1n) is 8.40. The first-order chi connectivity index (χ1) is 12.3. The summed E-state index contributed by atoms with van der Waals surface area (Å²) in [4.78, 5) is 15.8. The number of nitrogens with one attached hydrogen (secondary N) is 1. The zero-order chi connectivity index (χ0) is 17.2. The predicted molar refractivity (Wildman–Crippen MR) is 107 cm³/mol. The Morgan fingerprint density at radius 3 is 2.73 bits per heavy atom. The summed E-state index contributed by atoms with van der Waals surface area (Å²) in [6.45, 7) is 1.94. The van der Waals surface area contributed by atoms with Crippen molar-refractivity contribution in [3.63, 3.8) is 0 Å². The summed E-state index contributed by atoms with van der Waals surface area (Å²) in [5, 5.41) is 9.20. The maximum absolute atomic E-state index is 12.9. The molecule has 0 saturated carbocycles. The van der Waals surface area contributed by atoms with Crippen LogP contribution in [-0.2, 0) is 0 Å². The van der Waals surface area contributed by atoms with Gasteiger partial charge in [0.15, 0.2) is 5.69 Å². The summed E-state index contributed by atoms with van der Waals surface area (Å²) in [5.41, 5.74) is 8.57. The Hall–Kier alpha value is -2.15. The molecule has 4 rings (SSSR count). The summed E-state index contributed by atoms with van der Waals surface area (Å²) in [6, 6.07) is 16.1. The van der Waals surface area contributed by atoms with Gasteiger partial charge in [-0.2, -0.15) is 5.10 Å². The predicted octanol–water partition coefficient (Wildman–Crippen LogP) is 3.37. The van der Waals surface area contributed by atoms with Gasteiger partial charge < -0.3 is 10.6 Å². The number of thiophene rings is 1. The minimum atomic E-state index is -0.0315. The molecule has 136 valence electrons. The molecular formula is C19H21ClN4OS. The van der Waals surface area contributed by atoms with Crippen molar-refractivity contribution < 1.29 is 4.79 Å². The van der Waals surface area contributed by atoms with Crippen LogP contribution in [0.4, 0.5) is 0 Å². The van der Waals surface area contributed by atoms with E-state index < -0.39 is 0 Å². The first-order valence-corrected chi connectivity index (χ1v) is 9.28. The second-order valence-electron chi connectivity index (χ2n) is 6.37. The smallest absolute Gasteiger partial charge is 0.274 e. The highest BCUT2D eigenvalue weighted by molar-refractivity contribution is 7.13. The number of nitrogens with zero attached hydrogens (tertiary/aromatic N) is 2. The third kappa shape index (κ3) is 3.53. The number of hydrogen-bond donors (Lipinski definition) is 2. The summed E-state index contributed by atoms with van der Waals surface area (Å²) >= 11 is 1.62. The van der Waals surface area contributed by atoms with Gasteiger partial charge in [-0.05, 0) is 35.5 Å². The van der Waals surface area contributed by atoms with Crippen LogP contribution in [0.3, 0.4) is 0 Å². The standard InChI is InChI=1S/C19H20N4OS.ClH/c20-10-14-11-23(12-15(14)13-5-2-1-3-6-13)19(24)17-9-16(21-22-17)18-7-4-8-25-18;/h1-9,14-15H,10-12,20H2,(H,21,22);1H/t14-,15+;/m1./s1. The molecule has 0 radical (unpaired) electrons. The van der Waals surface area contributed by atoms with Gasteiger partial charge in [0.2, 0.25) is 0 Å². The van der Waals surface area contributed by atoms with Crippen LogP contribution in [0.2, 0.25) is 0 Å². The van der Waals surface area contributed by atoms with Crippen molar-refractivity contribution in [2.45, 2.75) is 5.92 Å². The topological polar surface area (TPSA) is 75.0 Å². The molecule has 1 fully saturated rings. The number of hydrogen-bond acceptors (Lipinski definition) is 4. The Bertz CT molecular complexity index is 850. The number of amides is 1. The van der Waals surface area contributed by atoms with Crippen LogP contribution in [0, 0.1) is 5.92 Å². The highest BCUT2D eigenvalue weighted by Crippen LogP contribution is 2.33. The second-order valence-corrected chi connectivity index (χ2v) is 7.31. The van der Waals surface area contributed by atoms with E-state index in [0.717, 1.165) is 10.6 Å². The lowest BCUT2D eigenvalue weighted by Gasteiger charge is -2.16. The third-order valence-electron chi connectivity index (χ3n) is 4.84. The number of carbonyl (C=O) groups is 1. The number of carbonyl (C=O) groups excluding carboxylic acids is 1. The lowest BCUT2D eigenvalue weighted by molar-refractivity contribution is 0.0780. The van der Waals surface area contributed by atoms with Crippen molar-refractivity contribution in [2.75, 3.05) is 19.6 Å². The van der Waals surface area contributed by atoms with Crippen LogP contribution in [0.25, 0.3) is 10.6 Å². The molecule has 0 aliphatic carbocycles. The second kappa shape index (κ2) is 8.03. The van der Waals surface area contributed by atoms with E-state index in [9.17, 15) is 4.79 Å². The van der Waals surface area contributed by atoms with Gasteiger partial charge in [0.1, 0.15) is 0 Å². The van der Waals surface area contributed by atoms with E-state index in [4.69, 9.17) is 5.73 Å². The molecule has 3 N–H and O–H groups in total. The normalized spacial score (nSPS) is 19.3. The van der Waals surface area contributed by atoms with E-state index in [1.54, 1.807) is 11.3 Å². The van der Waals surface area contributed by atoms with Crippen LogP contribution < -0.4 is 5.73 Å². The zero-order valence-corrected chi connectivity index (χ0v) is 15.8. The fourth-order valence-electron chi connectivity index (χ4n) is 3.51. The van der Waals surface area contributed by atoms with Crippen molar-refractivity contribution in [2.24, 2.45) is 11.7 Å². The number of H-pyrrole nitrogens is 1. The molecule has 2 atom stereocenters. The highest BCUT2D eigenvalue weighted by Gasteiger charge is 2.36.